The van der Waals surface area contributed by atoms with E-state index in [4.69, 9.17) is 0 Å². The SMILES string of the molecule is O=C(CS(=O)(=O)C1CC1)NC1CNC1. The van der Waals surface area contributed by atoms with Crippen molar-refractivity contribution in [3.8, 4) is 0 Å². The van der Waals surface area contributed by atoms with Gasteiger partial charge in [0.15, 0.2) is 9.84 Å². The van der Waals surface area contributed by atoms with Gasteiger partial charge in [0.25, 0.3) is 0 Å². The maximum Gasteiger partial charge on any atom is 0.235 e. The summed E-state index contributed by atoms with van der Waals surface area (Å²) in [7, 11) is -3.15. The van der Waals surface area contributed by atoms with Crippen molar-refractivity contribution in [1.82, 2.24) is 10.6 Å². The molecule has 0 radical (unpaired) electrons. The molecule has 0 atom stereocenters. The van der Waals surface area contributed by atoms with E-state index in [1.54, 1.807) is 0 Å². The molecule has 1 saturated carbocycles. The van der Waals surface area contributed by atoms with Gasteiger partial charge in [-0.25, -0.2) is 8.42 Å². The van der Waals surface area contributed by atoms with Crippen molar-refractivity contribution in [2.24, 2.45) is 0 Å². The Morgan fingerprint density at radius 2 is 2.00 bits per heavy atom. The van der Waals surface area contributed by atoms with Gasteiger partial charge >= 0.3 is 0 Å². The molecule has 2 aliphatic rings. The summed E-state index contributed by atoms with van der Waals surface area (Å²) in [6, 6.07) is 0.122. The lowest BCUT2D eigenvalue weighted by atomic mass is 10.2. The Morgan fingerprint density at radius 1 is 1.36 bits per heavy atom. The van der Waals surface area contributed by atoms with Gasteiger partial charge in [0.1, 0.15) is 5.75 Å². The summed E-state index contributed by atoms with van der Waals surface area (Å²) in [5.74, 6) is -0.697. The summed E-state index contributed by atoms with van der Waals surface area (Å²) >= 11 is 0. The number of carbonyl (C=O) groups is 1. The highest BCUT2D eigenvalue weighted by molar-refractivity contribution is 7.93. The highest BCUT2D eigenvalue weighted by Gasteiger charge is 2.37. The Labute approximate surface area is 83.2 Å². The first-order chi connectivity index (χ1) is 6.58. The molecule has 0 aromatic heterocycles. The molecular weight excluding hydrogens is 204 g/mol. The van der Waals surface area contributed by atoms with Gasteiger partial charge in [-0.05, 0) is 12.8 Å². The van der Waals surface area contributed by atoms with Gasteiger partial charge in [-0.2, -0.15) is 0 Å². The summed E-state index contributed by atoms with van der Waals surface area (Å²) in [5, 5.41) is 5.43. The third-order valence-corrected chi connectivity index (χ3v) is 4.66. The van der Waals surface area contributed by atoms with Crippen LogP contribution < -0.4 is 10.6 Å². The molecule has 6 heteroatoms. The van der Waals surface area contributed by atoms with E-state index in [9.17, 15) is 13.2 Å². The van der Waals surface area contributed by atoms with Crippen LogP contribution in [-0.2, 0) is 14.6 Å². The zero-order valence-electron chi connectivity index (χ0n) is 7.82. The molecular formula is C8H14N2O3S. The molecule has 1 heterocycles. The first-order valence-corrected chi connectivity index (χ1v) is 6.51. The lowest BCUT2D eigenvalue weighted by molar-refractivity contribution is -0.119. The first kappa shape index (κ1) is 9.92. The Hall–Kier alpha value is -0.620. The predicted molar refractivity (Wildman–Crippen MR) is 51.6 cm³/mol. The third kappa shape index (κ3) is 2.24. The Bertz CT molecular complexity index is 330. The first-order valence-electron chi connectivity index (χ1n) is 4.79. The van der Waals surface area contributed by atoms with Crippen molar-refractivity contribution in [3.63, 3.8) is 0 Å². The van der Waals surface area contributed by atoms with Crippen LogP contribution in [0.4, 0.5) is 0 Å². The highest BCUT2D eigenvalue weighted by atomic mass is 32.2. The summed E-state index contributed by atoms with van der Waals surface area (Å²) in [6.07, 6.45) is 1.45. The van der Waals surface area contributed by atoms with Crippen molar-refractivity contribution >= 4 is 15.7 Å². The molecule has 0 aromatic rings. The Kier molecular flexibility index (Phi) is 2.48. The largest absolute Gasteiger partial charge is 0.350 e. The van der Waals surface area contributed by atoms with E-state index in [1.807, 2.05) is 0 Å². The summed E-state index contributed by atoms with van der Waals surface area (Å²) in [6.45, 7) is 1.49. The fourth-order valence-electron chi connectivity index (χ4n) is 1.39. The number of amides is 1. The van der Waals surface area contributed by atoms with Crippen LogP contribution in [-0.4, -0.2) is 44.5 Å². The van der Waals surface area contributed by atoms with Crippen molar-refractivity contribution in [2.45, 2.75) is 24.1 Å². The van der Waals surface area contributed by atoms with E-state index in [0.29, 0.717) is 0 Å². The average molecular weight is 218 g/mol. The number of hydrogen-bond acceptors (Lipinski definition) is 4. The molecule has 14 heavy (non-hydrogen) atoms. The van der Waals surface area contributed by atoms with Crippen LogP contribution in [0.3, 0.4) is 0 Å². The summed E-state index contributed by atoms with van der Waals surface area (Å²) in [4.78, 5) is 11.3. The molecule has 1 amide bonds. The summed E-state index contributed by atoms with van der Waals surface area (Å²) in [5.41, 5.74) is 0. The standard InChI is InChI=1S/C8H14N2O3S/c11-8(10-6-3-9-4-6)5-14(12,13)7-1-2-7/h6-7,9H,1-5H2,(H,10,11). The number of rotatable bonds is 4. The van der Waals surface area contributed by atoms with Gasteiger partial charge in [-0.3, -0.25) is 4.79 Å². The van der Waals surface area contributed by atoms with Crippen LogP contribution in [0.1, 0.15) is 12.8 Å². The molecule has 0 unspecified atom stereocenters. The van der Waals surface area contributed by atoms with Gasteiger partial charge in [-0.1, -0.05) is 0 Å². The molecule has 0 bridgehead atoms. The minimum Gasteiger partial charge on any atom is -0.350 e. The van der Waals surface area contributed by atoms with Crippen LogP contribution in [0.5, 0.6) is 0 Å². The zero-order valence-corrected chi connectivity index (χ0v) is 8.64. The lowest BCUT2D eigenvalue weighted by Gasteiger charge is -2.27. The fraction of sp³-hybridized carbons (Fsp3) is 0.875. The fourth-order valence-corrected chi connectivity index (χ4v) is 2.93. The quantitative estimate of drug-likeness (QED) is 0.612. The Balaban J connectivity index is 1.80. The van der Waals surface area contributed by atoms with Crippen molar-refractivity contribution in [3.05, 3.63) is 0 Å². The van der Waals surface area contributed by atoms with E-state index >= 15 is 0 Å². The lowest BCUT2D eigenvalue weighted by Crippen LogP contribution is -2.57. The predicted octanol–water partition coefficient (Wildman–Crippen LogP) is -1.35. The third-order valence-electron chi connectivity index (χ3n) is 2.51. The van der Waals surface area contributed by atoms with Crippen molar-refractivity contribution in [1.29, 1.82) is 0 Å². The van der Waals surface area contributed by atoms with Gasteiger partial charge < -0.3 is 10.6 Å². The molecule has 2 rings (SSSR count). The van der Waals surface area contributed by atoms with Crippen LogP contribution >= 0.6 is 0 Å². The van der Waals surface area contributed by atoms with Crippen LogP contribution in [0, 0.1) is 0 Å². The molecule has 5 nitrogen and oxygen atoms in total. The second-order valence-electron chi connectivity index (χ2n) is 3.93. The second kappa shape index (κ2) is 3.51. The molecule has 2 N–H and O–H groups in total. The van der Waals surface area contributed by atoms with Crippen LogP contribution in [0.15, 0.2) is 0 Å². The van der Waals surface area contributed by atoms with Gasteiger partial charge in [0.2, 0.25) is 5.91 Å². The maximum atomic E-state index is 11.4. The minimum atomic E-state index is -3.15. The van der Waals surface area contributed by atoms with E-state index in [2.05, 4.69) is 10.6 Å². The molecule has 1 saturated heterocycles. The van der Waals surface area contributed by atoms with Crippen molar-refractivity contribution < 1.29 is 13.2 Å². The Morgan fingerprint density at radius 3 is 2.43 bits per heavy atom. The average Bonchev–Trinajstić information content (AvgIpc) is 2.77. The molecule has 80 valence electrons. The molecule has 1 aliphatic carbocycles. The van der Waals surface area contributed by atoms with E-state index in [-0.39, 0.29) is 23.0 Å². The number of hydrogen-bond donors (Lipinski definition) is 2. The molecule has 0 aromatic carbocycles. The zero-order chi connectivity index (χ0) is 10.2. The molecule has 1 aliphatic heterocycles. The van der Waals surface area contributed by atoms with Gasteiger partial charge in [0.05, 0.1) is 11.3 Å². The number of carbonyl (C=O) groups excluding carboxylic acids is 1. The molecule has 0 spiro atoms. The monoisotopic (exact) mass is 218 g/mol. The highest BCUT2D eigenvalue weighted by Crippen LogP contribution is 2.28. The summed E-state index contributed by atoms with van der Waals surface area (Å²) < 4.78 is 22.8. The smallest absolute Gasteiger partial charge is 0.235 e. The number of nitrogens with one attached hydrogen (secondary N) is 2. The normalized spacial score (nSPS) is 22.9. The van der Waals surface area contributed by atoms with E-state index in [1.165, 1.54) is 0 Å². The topological polar surface area (TPSA) is 75.3 Å². The van der Waals surface area contributed by atoms with Gasteiger partial charge in [0, 0.05) is 13.1 Å². The number of sulfone groups is 1. The maximum absolute atomic E-state index is 11.4. The minimum absolute atomic E-state index is 0.122. The second-order valence-corrected chi connectivity index (χ2v) is 6.21. The van der Waals surface area contributed by atoms with Crippen LogP contribution in [0.25, 0.3) is 0 Å². The van der Waals surface area contributed by atoms with Gasteiger partial charge in [-0.15, -0.1) is 0 Å². The van der Waals surface area contributed by atoms with E-state index in [0.717, 1.165) is 25.9 Å². The molecule has 2 fully saturated rings. The van der Waals surface area contributed by atoms with E-state index < -0.39 is 9.84 Å². The van der Waals surface area contributed by atoms with Crippen molar-refractivity contribution in [2.75, 3.05) is 18.8 Å². The van der Waals surface area contributed by atoms with Crippen LogP contribution in [0.2, 0.25) is 0 Å².